The predicted molar refractivity (Wildman–Crippen MR) is 61.6 cm³/mol. The third kappa shape index (κ3) is 1.69. The van der Waals surface area contributed by atoms with Crippen LogP contribution in [0, 0.1) is 13.8 Å². The molecule has 0 bridgehead atoms. The van der Waals surface area contributed by atoms with Crippen LogP contribution in [0.2, 0.25) is 0 Å². The van der Waals surface area contributed by atoms with Crippen molar-refractivity contribution in [3.63, 3.8) is 0 Å². The Morgan fingerprint density at radius 2 is 2.12 bits per heavy atom. The van der Waals surface area contributed by atoms with Crippen LogP contribution in [0.25, 0.3) is 5.69 Å². The van der Waals surface area contributed by atoms with E-state index >= 15 is 0 Å². The van der Waals surface area contributed by atoms with Gasteiger partial charge in [-0.2, -0.15) is 0 Å². The number of carbonyl (C=O) groups excluding carboxylic acids is 1. The highest BCUT2D eigenvalue weighted by Crippen LogP contribution is 2.17. The molecule has 0 saturated carbocycles. The Balaban J connectivity index is 2.62. The molecule has 4 heteroatoms. The molecule has 0 atom stereocenters. The van der Waals surface area contributed by atoms with E-state index in [2.05, 4.69) is 4.98 Å². The standard InChI is InChI=1S/C12H13N3O/c1-8-3-4-9(2)10(7-8)15-6-5-14-12(15)11(13)16/h3-7H,1-2H3,(H2,13,16). The minimum Gasteiger partial charge on any atom is -0.363 e. The van der Waals surface area contributed by atoms with Crippen molar-refractivity contribution in [2.24, 2.45) is 5.73 Å². The Kier molecular flexibility index (Phi) is 2.48. The van der Waals surface area contributed by atoms with Crippen molar-refractivity contribution < 1.29 is 4.79 Å². The average Bonchev–Trinajstić information content (AvgIpc) is 2.70. The van der Waals surface area contributed by atoms with Crippen molar-refractivity contribution in [3.8, 4) is 5.69 Å². The molecule has 0 radical (unpaired) electrons. The number of aryl methyl sites for hydroxylation is 2. The van der Waals surface area contributed by atoms with Crippen molar-refractivity contribution in [1.29, 1.82) is 0 Å². The topological polar surface area (TPSA) is 60.9 Å². The van der Waals surface area contributed by atoms with Crippen molar-refractivity contribution in [2.45, 2.75) is 13.8 Å². The van der Waals surface area contributed by atoms with Crippen LogP contribution in [-0.2, 0) is 0 Å². The number of primary amides is 1. The second kappa shape index (κ2) is 3.81. The summed E-state index contributed by atoms with van der Waals surface area (Å²) in [6.07, 6.45) is 3.31. The first-order valence-electron chi connectivity index (χ1n) is 5.00. The maximum absolute atomic E-state index is 11.2. The van der Waals surface area contributed by atoms with Gasteiger partial charge in [0.05, 0.1) is 5.69 Å². The minimum absolute atomic E-state index is 0.258. The van der Waals surface area contributed by atoms with Crippen LogP contribution in [0.3, 0.4) is 0 Å². The van der Waals surface area contributed by atoms with Crippen LogP contribution in [-0.4, -0.2) is 15.5 Å². The van der Waals surface area contributed by atoms with Gasteiger partial charge in [0.1, 0.15) is 0 Å². The lowest BCUT2D eigenvalue weighted by molar-refractivity contribution is 0.0989. The Bertz CT molecular complexity index is 543. The number of benzene rings is 1. The molecule has 1 aromatic heterocycles. The Hall–Kier alpha value is -2.10. The third-order valence-corrected chi connectivity index (χ3v) is 2.49. The summed E-state index contributed by atoms with van der Waals surface area (Å²) in [6, 6.07) is 6.04. The van der Waals surface area contributed by atoms with Crippen LogP contribution in [0.4, 0.5) is 0 Å². The molecule has 1 amide bonds. The van der Waals surface area contributed by atoms with Gasteiger partial charge in [-0.1, -0.05) is 12.1 Å². The van der Waals surface area contributed by atoms with E-state index in [1.54, 1.807) is 17.0 Å². The summed E-state index contributed by atoms with van der Waals surface area (Å²) in [7, 11) is 0. The number of rotatable bonds is 2. The van der Waals surface area contributed by atoms with Gasteiger partial charge < -0.3 is 5.73 Å². The molecule has 82 valence electrons. The number of hydrogen-bond acceptors (Lipinski definition) is 2. The summed E-state index contributed by atoms with van der Waals surface area (Å²) in [5, 5.41) is 0. The Labute approximate surface area is 93.7 Å². The highest BCUT2D eigenvalue weighted by molar-refractivity contribution is 5.89. The predicted octanol–water partition coefficient (Wildman–Crippen LogP) is 1.59. The number of amides is 1. The lowest BCUT2D eigenvalue weighted by Crippen LogP contribution is -2.17. The number of nitrogens with zero attached hydrogens (tertiary/aromatic N) is 2. The summed E-state index contributed by atoms with van der Waals surface area (Å²) in [6.45, 7) is 3.99. The van der Waals surface area contributed by atoms with Gasteiger partial charge in [-0.15, -0.1) is 0 Å². The molecule has 0 aliphatic heterocycles. The molecular weight excluding hydrogens is 202 g/mol. The van der Waals surface area contributed by atoms with Gasteiger partial charge >= 0.3 is 0 Å². The summed E-state index contributed by atoms with van der Waals surface area (Å²) in [5.74, 6) is -0.264. The van der Waals surface area contributed by atoms with Crippen LogP contribution in [0.1, 0.15) is 21.7 Å². The van der Waals surface area contributed by atoms with E-state index in [1.807, 2.05) is 32.0 Å². The quantitative estimate of drug-likeness (QED) is 0.826. The molecule has 2 N–H and O–H groups in total. The van der Waals surface area contributed by atoms with Crippen molar-refractivity contribution >= 4 is 5.91 Å². The number of hydrogen-bond donors (Lipinski definition) is 1. The number of carbonyl (C=O) groups is 1. The van der Waals surface area contributed by atoms with Crippen LogP contribution in [0.5, 0.6) is 0 Å². The summed E-state index contributed by atoms with van der Waals surface area (Å²) >= 11 is 0. The van der Waals surface area contributed by atoms with E-state index in [9.17, 15) is 4.79 Å². The summed E-state index contributed by atoms with van der Waals surface area (Å²) in [5.41, 5.74) is 8.40. The lowest BCUT2D eigenvalue weighted by atomic mass is 10.1. The first-order valence-corrected chi connectivity index (χ1v) is 5.00. The largest absolute Gasteiger partial charge is 0.363 e. The van der Waals surface area contributed by atoms with Crippen molar-refractivity contribution in [2.75, 3.05) is 0 Å². The van der Waals surface area contributed by atoms with Gasteiger partial charge in [0.15, 0.2) is 0 Å². The van der Waals surface area contributed by atoms with Gasteiger partial charge in [-0.25, -0.2) is 4.98 Å². The zero-order chi connectivity index (χ0) is 11.7. The number of imidazole rings is 1. The molecule has 0 aliphatic carbocycles. The van der Waals surface area contributed by atoms with Crippen LogP contribution < -0.4 is 5.73 Å². The van der Waals surface area contributed by atoms with E-state index < -0.39 is 5.91 Å². The molecule has 16 heavy (non-hydrogen) atoms. The summed E-state index contributed by atoms with van der Waals surface area (Å²) in [4.78, 5) is 15.1. The van der Waals surface area contributed by atoms with Gasteiger partial charge in [-0.3, -0.25) is 9.36 Å². The molecule has 0 spiro atoms. The second-order valence-corrected chi connectivity index (χ2v) is 3.78. The maximum Gasteiger partial charge on any atom is 0.285 e. The van der Waals surface area contributed by atoms with Gasteiger partial charge in [0, 0.05) is 12.4 Å². The monoisotopic (exact) mass is 215 g/mol. The minimum atomic E-state index is -0.522. The smallest absolute Gasteiger partial charge is 0.285 e. The fourth-order valence-corrected chi connectivity index (χ4v) is 1.66. The highest BCUT2D eigenvalue weighted by atomic mass is 16.1. The molecule has 1 aromatic carbocycles. The molecule has 0 unspecified atom stereocenters. The Morgan fingerprint density at radius 1 is 1.38 bits per heavy atom. The van der Waals surface area contributed by atoms with E-state index in [-0.39, 0.29) is 5.82 Å². The van der Waals surface area contributed by atoms with Crippen molar-refractivity contribution in [1.82, 2.24) is 9.55 Å². The molecule has 0 fully saturated rings. The zero-order valence-corrected chi connectivity index (χ0v) is 9.27. The lowest BCUT2D eigenvalue weighted by Gasteiger charge is -2.09. The summed E-state index contributed by atoms with van der Waals surface area (Å²) < 4.78 is 1.71. The second-order valence-electron chi connectivity index (χ2n) is 3.78. The molecule has 4 nitrogen and oxygen atoms in total. The first-order chi connectivity index (χ1) is 7.59. The molecule has 0 aliphatic rings. The molecule has 2 rings (SSSR count). The van der Waals surface area contributed by atoms with E-state index in [1.165, 1.54) is 0 Å². The first kappa shape index (κ1) is 10.4. The normalized spacial score (nSPS) is 10.4. The van der Waals surface area contributed by atoms with E-state index in [0.717, 1.165) is 16.8 Å². The highest BCUT2D eigenvalue weighted by Gasteiger charge is 2.11. The van der Waals surface area contributed by atoms with E-state index in [0.29, 0.717) is 0 Å². The van der Waals surface area contributed by atoms with Gasteiger partial charge in [0.2, 0.25) is 5.82 Å². The van der Waals surface area contributed by atoms with Crippen LogP contribution >= 0.6 is 0 Å². The fraction of sp³-hybridized carbons (Fsp3) is 0.167. The van der Waals surface area contributed by atoms with Gasteiger partial charge in [0.25, 0.3) is 5.91 Å². The fourth-order valence-electron chi connectivity index (χ4n) is 1.66. The third-order valence-electron chi connectivity index (χ3n) is 2.49. The molecule has 2 aromatic rings. The van der Waals surface area contributed by atoms with Gasteiger partial charge in [-0.05, 0) is 31.0 Å². The molecule has 1 heterocycles. The maximum atomic E-state index is 11.2. The molecular formula is C12H13N3O. The number of aromatic nitrogens is 2. The van der Waals surface area contributed by atoms with E-state index in [4.69, 9.17) is 5.73 Å². The average molecular weight is 215 g/mol. The number of nitrogens with two attached hydrogens (primary N) is 1. The SMILES string of the molecule is Cc1ccc(C)c(-n2ccnc2C(N)=O)c1. The van der Waals surface area contributed by atoms with Crippen molar-refractivity contribution in [3.05, 3.63) is 47.5 Å². The Morgan fingerprint density at radius 3 is 2.81 bits per heavy atom. The zero-order valence-electron chi connectivity index (χ0n) is 9.27. The van der Waals surface area contributed by atoms with Crippen LogP contribution in [0.15, 0.2) is 30.6 Å². The molecule has 0 saturated heterocycles.